The van der Waals surface area contributed by atoms with Crippen molar-refractivity contribution in [3.8, 4) is 5.75 Å². The van der Waals surface area contributed by atoms with Crippen molar-refractivity contribution < 1.29 is 4.74 Å². The molecular formula is C13H16Cl2O. The Morgan fingerprint density at radius 1 is 1.25 bits per heavy atom. The summed E-state index contributed by atoms with van der Waals surface area (Å²) in [7, 11) is 0. The molecule has 1 fully saturated rings. The number of hydrogen-bond donors (Lipinski definition) is 0. The zero-order chi connectivity index (χ0) is 11.7. The molecule has 1 aliphatic carbocycles. The van der Waals surface area contributed by atoms with E-state index in [-0.39, 0.29) is 0 Å². The average Bonchev–Trinajstić information content (AvgIpc) is 2.99. The highest BCUT2D eigenvalue weighted by Crippen LogP contribution is 2.36. The number of rotatable bonds is 4. The third-order valence-corrected chi connectivity index (χ3v) is 3.47. The molecule has 2 rings (SSSR count). The van der Waals surface area contributed by atoms with Crippen LogP contribution in [0.25, 0.3) is 0 Å². The minimum atomic E-state index is 0.382. The molecule has 1 aromatic carbocycles. The van der Waals surface area contributed by atoms with Crippen LogP contribution in [0, 0.1) is 5.92 Å². The third-order valence-electron chi connectivity index (χ3n) is 2.84. The molecule has 0 aromatic heterocycles. The van der Waals surface area contributed by atoms with Crippen molar-refractivity contribution in [1.82, 2.24) is 0 Å². The Balaban J connectivity index is 2.18. The van der Waals surface area contributed by atoms with E-state index in [0.717, 1.165) is 28.9 Å². The summed E-state index contributed by atoms with van der Waals surface area (Å²) in [5, 5.41) is 1.33. The van der Waals surface area contributed by atoms with Crippen LogP contribution in [0.3, 0.4) is 0 Å². The summed E-state index contributed by atoms with van der Waals surface area (Å²) in [6.07, 6.45) is 2.56. The molecule has 0 amide bonds. The first-order valence-electron chi connectivity index (χ1n) is 5.69. The molecule has 0 N–H and O–H groups in total. The molecule has 1 nitrogen and oxygen atoms in total. The SMILES string of the molecule is CC(C)c1cc(OCC2CC2)c(Cl)cc1Cl. The van der Waals surface area contributed by atoms with Gasteiger partial charge in [-0.25, -0.2) is 0 Å². The van der Waals surface area contributed by atoms with Crippen LogP contribution in [0.5, 0.6) is 5.75 Å². The molecule has 0 saturated heterocycles. The van der Waals surface area contributed by atoms with Gasteiger partial charge < -0.3 is 4.74 Å². The molecular weight excluding hydrogens is 243 g/mol. The lowest BCUT2D eigenvalue weighted by molar-refractivity contribution is 0.299. The summed E-state index contributed by atoms with van der Waals surface area (Å²) < 4.78 is 5.72. The smallest absolute Gasteiger partial charge is 0.138 e. The van der Waals surface area contributed by atoms with Gasteiger partial charge in [0.15, 0.2) is 0 Å². The summed E-state index contributed by atoms with van der Waals surface area (Å²) in [5.74, 6) is 1.88. The van der Waals surface area contributed by atoms with Crippen LogP contribution in [0.4, 0.5) is 0 Å². The predicted octanol–water partition coefficient (Wildman–Crippen LogP) is 4.91. The Kier molecular flexibility index (Phi) is 3.66. The summed E-state index contributed by atoms with van der Waals surface area (Å²) in [6, 6.07) is 3.75. The Hall–Kier alpha value is -0.400. The van der Waals surface area contributed by atoms with Crippen molar-refractivity contribution in [3.63, 3.8) is 0 Å². The normalized spacial score (nSPS) is 15.6. The molecule has 1 aliphatic rings. The molecule has 0 unspecified atom stereocenters. The minimum absolute atomic E-state index is 0.382. The second-order valence-electron chi connectivity index (χ2n) is 4.71. The van der Waals surface area contributed by atoms with Gasteiger partial charge in [0.25, 0.3) is 0 Å². The van der Waals surface area contributed by atoms with E-state index < -0.39 is 0 Å². The lowest BCUT2D eigenvalue weighted by Crippen LogP contribution is -2.01. The largest absolute Gasteiger partial charge is 0.492 e. The van der Waals surface area contributed by atoms with Gasteiger partial charge >= 0.3 is 0 Å². The second kappa shape index (κ2) is 4.85. The Bertz CT molecular complexity index is 384. The number of benzene rings is 1. The monoisotopic (exact) mass is 258 g/mol. The van der Waals surface area contributed by atoms with Gasteiger partial charge in [0.1, 0.15) is 5.75 Å². The lowest BCUT2D eigenvalue weighted by atomic mass is 10.0. The fourth-order valence-electron chi connectivity index (χ4n) is 1.59. The van der Waals surface area contributed by atoms with Crippen molar-refractivity contribution in [2.24, 2.45) is 5.92 Å². The van der Waals surface area contributed by atoms with Crippen LogP contribution >= 0.6 is 23.2 Å². The molecule has 1 aromatic rings. The minimum Gasteiger partial charge on any atom is -0.492 e. The summed E-state index contributed by atoms with van der Waals surface area (Å²) in [5.41, 5.74) is 1.09. The topological polar surface area (TPSA) is 9.23 Å². The van der Waals surface area contributed by atoms with Crippen molar-refractivity contribution >= 4 is 23.2 Å². The first-order chi connectivity index (χ1) is 7.58. The van der Waals surface area contributed by atoms with E-state index >= 15 is 0 Å². The van der Waals surface area contributed by atoms with Gasteiger partial charge in [-0.1, -0.05) is 37.0 Å². The lowest BCUT2D eigenvalue weighted by Gasteiger charge is -2.13. The van der Waals surface area contributed by atoms with Crippen LogP contribution in [0.15, 0.2) is 12.1 Å². The molecule has 16 heavy (non-hydrogen) atoms. The maximum Gasteiger partial charge on any atom is 0.138 e. The van der Waals surface area contributed by atoms with Gasteiger partial charge in [0, 0.05) is 5.02 Å². The molecule has 0 heterocycles. The fraction of sp³-hybridized carbons (Fsp3) is 0.538. The van der Waals surface area contributed by atoms with Gasteiger partial charge in [0.05, 0.1) is 11.6 Å². The van der Waals surface area contributed by atoms with Crippen molar-refractivity contribution in [3.05, 3.63) is 27.7 Å². The van der Waals surface area contributed by atoms with E-state index in [1.165, 1.54) is 12.8 Å². The van der Waals surface area contributed by atoms with E-state index in [1.54, 1.807) is 6.07 Å². The van der Waals surface area contributed by atoms with Crippen LogP contribution in [-0.2, 0) is 0 Å². The zero-order valence-corrected chi connectivity index (χ0v) is 11.1. The molecule has 0 spiro atoms. The van der Waals surface area contributed by atoms with Gasteiger partial charge in [-0.15, -0.1) is 0 Å². The molecule has 88 valence electrons. The maximum atomic E-state index is 6.13. The second-order valence-corrected chi connectivity index (χ2v) is 5.53. The zero-order valence-electron chi connectivity index (χ0n) is 9.59. The third kappa shape index (κ3) is 2.83. The first kappa shape index (κ1) is 12.1. The summed E-state index contributed by atoms with van der Waals surface area (Å²) in [4.78, 5) is 0. The predicted molar refractivity (Wildman–Crippen MR) is 68.8 cm³/mol. The standard InChI is InChI=1S/C13H16Cl2O/c1-8(2)10-5-13(12(15)6-11(10)14)16-7-9-3-4-9/h5-6,8-9H,3-4,7H2,1-2H3. The molecule has 3 heteroatoms. The molecule has 0 radical (unpaired) electrons. The fourth-order valence-corrected chi connectivity index (χ4v) is 2.25. The highest BCUT2D eigenvalue weighted by atomic mass is 35.5. The van der Waals surface area contributed by atoms with Crippen molar-refractivity contribution in [2.45, 2.75) is 32.6 Å². The van der Waals surface area contributed by atoms with E-state index in [2.05, 4.69) is 13.8 Å². The Morgan fingerprint density at radius 2 is 1.94 bits per heavy atom. The number of ether oxygens (including phenoxy) is 1. The van der Waals surface area contributed by atoms with Crippen LogP contribution < -0.4 is 4.74 Å². The van der Waals surface area contributed by atoms with Gasteiger partial charge in [0.2, 0.25) is 0 Å². The maximum absolute atomic E-state index is 6.13. The summed E-state index contributed by atoms with van der Waals surface area (Å²) in [6.45, 7) is 5.00. The molecule has 0 bridgehead atoms. The summed E-state index contributed by atoms with van der Waals surface area (Å²) >= 11 is 12.2. The van der Waals surface area contributed by atoms with Crippen molar-refractivity contribution in [1.29, 1.82) is 0 Å². The number of halogens is 2. The van der Waals surface area contributed by atoms with Crippen LogP contribution in [0.1, 0.15) is 38.2 Å². The van der Waals surface area contributed by atoms with E-state index in [1.807, 2.05) is 6.07 Å². The van der Waals surface area contributed by atoms with Gasteiger partial charge in [-0.3, -0.25) is 0 Å². The molecule has 1 saturated carbocycles. The van der Waals surface area contributed by atoms with Crippen LogP contribution in [-0.4, -0.2) is 6.61 Å². The Labute approximate surface area is 107 Å². The van der Waals surface area contributed by atoms with Gasteiger partial charge in [-0.05, 0) is 42.4 Å². The van der Waals surface area contributed by atoms with Crippen LogP contribution in [0.2, 0.25) is 10.0 Å². The Morgan fingerprint density at radius 3 is 2.50 bits per heavy atom. The highest BCUT2D eigenvalue weighted by Gasteiger charge is 2.22. The van der Waals surface area contributed by atoms with E-state index in [0.29, 0.717) is 10.9 Å². The molecule has 0 atom stereocenters. The van der Waals surface area contributed by atoms with Gasteiger partial charge in [-0.2, -0.15) is 0 Å². The average molecular weight is 259 g/mol. The van der Waals surface area contributed by atoms with E-state index in [4.69, 9.17) is 27.9 Å². The number of hydrogen-bond acceptors (Lipinski definition) is 1. The quantitative estimate of drug-likeness (QED) is 0.746. The first-order valence-corrected chi connectivity index (χ1v) is 6.45. The van der Waals surface area contributed by atoms with Crippen molar-refractivity contribution in [2.75, 3.05) is 6.61 Å². The molecule has 0 aliphatic heterocycles. The van der Waals surface area contributed by atoms with E-state index in [9.17, 15) is 0 Å². The highest BCUT2D eigenvalue weighted by molar-refractivity contribution is 6.36.